The zero-order chi connectivity index (χ0) is 8.69. The largest absolute Gasteiger partial charge is 0.393 e. The molecule has 1 N–H and O–H groups in total. The van der Waals surface area contributed by atoms with Crippen molar-refractivity contribution in [3.05, 3.63) is 0 Å². The number of ether oxygens (including phenoxy) is 1. The molecule has 0 aliphatic heterocycles. The third-order valence-electron chi connectivity index (χ3n) is 1.79. The molecule has 0 aliphatic carbocycles. The maximum absolute atomic E-state index is 9.05. The second-order valence-electron chi connectivity index (χ2n) is 3.32. The van der Waals surface area contributed by atoms with Crippen LogP contribution < -0.4 is 0 Å². The minimum atomic E-state index is -0.160. The molecule has 2 nitrogen and oxygen atoms in total. The van der Waals surface area contributed by atoms with Crippen molar-refractivity contribution in [2.45, 2.75) is 39.2 Å². The van der Waals surface area contributed by atoms with Gasteiger partial charge in [-0.1, -0.05) is 6.92 Å². The molecule has 0 radical (unpaired) electrons. The van der Waals surface area contributed by atoms with Crippen LogP contribution in [0.2, 0.25) is 0 Å². The summed E-state index contributed by atoms with van der Waals surface area (Å²) in [5.74, 6) is 0.616. The van der Waals surface area contributed by atoms with E-state index in [-0.39, 0.29) is 6.10 Å². The van der Waals surface area contributed by atoms with Crippen LogP contribution in [0.3, 0.4) is 0 Å². The van der Waals surface area contributed by atoms with Gasteiger partial charge in [-0.05, 0) is 32.1 Å². The van der Waals surface area contributed by atoms with Crippen LogP contribution in [0, 0.1) is 5.92 Å². The highest BCUT2D eigenvalue weighted by Gasteiger charge is 2.04. The third kappa shape index (κ3) is 7.82. The van der Waals surface area contributed by atoms with Crippen molar-refractivity contribution in [1.82, 2.24) is 0 Å². The summed E-state index contributed by atoms with van der Waals surface area (Å²) in [6.45, 7) is 4.85. The first-order valence-corrected chi connectivity index (χ1v) is 4.33. The Balaban J connectivity index is 3.15. The van der Waals surface area contributed by atoms with E-state index in [9.17, 15) is 0 Å². The Morgan fingerprint density at radius 2 is 2.00 bits per heavy atom. The molecule has 0 aliphatic rings. The molecular formula is C9H20O2. The first-order valence-electron chi connectivity index (χ1n) is 4.33. The summed E-state index contributed by atoms with van der Waals surface area (Å²) < 4.78 is 4.93. The first kappa shape index (κ1) is 10.9. The van der Waals surface area contributed by atoms with Crippen molar-refractivity contribution in [3.8, 4) is 0 Å². The minimum Gasteiger partial charge on any atom is -0.393 e. The molecule has 68 valence electrons. The number of aliphatic hydroxyl groups is 1. The molecule has 0 saturated carbocycles. The summed E-state index contributed by atoms with van der Waals surface area (Å²) in [5.41, 5.74) is 0. The van der Waals surface area contributed by atoms with Crippen molar-refractivity contribution in [2.24, 2.45) is 5.92 Å². The second-order valence-corrected chi connectivity index (χ2v) is 3.32. The van der Waals surface area contributed by atoms with Crippen molar-refractivity contribution < 1.29 is 9.84 Å². The lowest BCUT2D eigenvalue weighted by molar-refractivity contribution is 0.151. The van der Waals surface area contributed by atoms with Gasteiger partial charge in [-0.15, -0.1) is 0 Å². The highest BCUT2D eigenvalue weighted by Crippen LogP contribution is 2.12. The predicted octanol–water partition coefficient (Wildman–Crippen LogP) is 1.82. The van der Waals surface area contributed by atoms with Crippen LogP contribution >= 0.6 is 0 Å². The smallest absolute Gasteiger partial charge is 0.0514 e. The van der Waals surface area contributed by atoms with Gasteiger partial charge >= 0.3 is 0 Å². The Bertz CT molecular complexity index is 81.6. The molecule has 0 aromatic rings. The number of hydrogen-bond donors (Lipinski definition) is 1. The van der Waals surface area contributed by atoms with E-state index < -0.39 is 0 Å². The third-order valence-corrected chi connectivity index (χ3v) is 1.79. The molecule has 0 spiro atoms. The van der Waals surface area contributed by atoms with Gasteiger partial charge in [0.05, 0.1) is 6.10 Å². The average molecular weight is 160 g/mol. The summed E-state index contributed by atoms with van der Waals surface area (Å²) in [4.78, 5) is 0. The van der Waals surface area contributed by atoms with Gasteiger partial charge < -0.3 is 9.84 Å². The average Bonchev–Trinajstić information content (AvgIpc) is 1.86. The maximum Gasteiger partial charge on any atom is 0.0514 e. The topological polar surface area (TPSA) is 29.5 Å². The van der Waals surface area contributed by atoms with Gasteiger partial charge in [0.25, 0.3) is 0 Å². The highest BCUT2D eigenvalue weighted by molar-refractivity contribution is 4.56. The van der Waals surface area contributed by atoms with Crippen LogP contribution in [0.1, 0.15) is 33.1 Å². The van der Waals surface area contributed by atoms with E-state index in [0.717, 1.165) is 25.9 Å². The summed E-state index contributed by atoms with van der Waals surface area (Å²) in [7, 11) is 1.72. The van der Waals surface area contributed by atoms with Gasteiger partial charge in [-0.2, -0.15) is 0 Å². The standard InChI is InChI=1S/C9H20O2/c1-8(7-9(2)10)5-4-6-11-3/h8-10H,4-7H2,1-3H3. The summed E-state index contributed by atoms with van der Waals surface area (Å²) in [6.07, 6.45) is 3.00. The Kier molecular flexibility index (Phi) is 6.57. The molecular weight excluding hydrogens is 140 g/mol. The van der Waals surface area contributed by atoms with Gasteiger partial charge in [-0.3, -0.25) is 0 Å². The molecule has 2 heteroatoms. The highest BCUT2D eigenvalue weighted by atomic mass is 16.5. The van der Waals surface area contributed by atoms with Crippen LogP contribution in [0.5, 0.6) is 0 Å². The van der Waals surface area contributed by atoms with Crippen LogP contribution in [-0.4, -0.2) is 24.9 Å². The Morgan fingerprint density at radius 1 is 1.36 bits per heavy atom. The molecule has 0 aromatic heterocycles. The second kappa shape index (κ2) is 6.62. The quantitative estimate of drug-likeness (QED) is 0.600. The fraction of sp³-hybridized carbons (Fsp3) is 1.00. The molecule has 0 amide bonds. The van der Waals surface area contributed by atoms with Crippen LogP contribution in [0.25, 0.3) is 0 Å². The summed E-state index contributed by atoms with van der Waals surface area (Å²) in [5, 5.41) is 9.05. The lowest BCUT2D eigenvalue weighted by Gasteiger charge is -2.12. The van der Waals surface area contributed by atoms with Crippen molar-refractivity contribution in [2.75, 3.05) is 13.7 Å². The van der Waals surface area contributed by atoms with Gasteiger partial charge in [0.15, 0.2) is 0 Å². The molecule has 0 heterocycles. The number of aliphatic hydroxyl groups excluding tert-OH is 1. The van der Waals surface area contributed by atoms with E-state index in [1.807, 2.05) is 6.92 Å². The van der Waals surface area contributed by atoms with Crippen molar-refractivity contribution in [1.29, 1.82) is 0 Å². The predicted molar refractivity (Wildman–Crippen MR) is 46.6 cm³/mol. The lowest BCUT2D eigenvalue weighted by Crippen LogP contribution is -2.07. The van der Waals surface area contributed by atoms with E-state index in [2.05, 4.69) is 6.92 Å². The molecule has 0 bridgehead atoms. The van der Waals surface area contributed by atoms with E-state index in [4.69, 9.17) is 9.84 Å². The van der Waals surface area contributed by atoms with Crippen LogP contribution in [0.15, 0.2) is 0 Å². The zero-order valence-electron chi connectivity index (χ0n) is 7.84. The van der Waals surface area contributed by atoms with Gasteiger partial charge in [0, 0.05) is 13.7 Å². The number of methoxy groups -OCH3 is 1. The number of hydrogen-bond acceptors (Lipinski definition) is 2. The minimum absolute atomic E-state index is 0.160. The zero-order valence-corrected chi connectivity index (χ0v) is 7.84. The number of rotatable bonds is 6. The Labute approximate surface area is 69.6 Å². The van der Waals surface area contributed by atoms with Crippen LogP contribution in [0.4, 0.5) is 0 Å². The molecule has 11 heavy (non-hydrogen) atoms. The molecule has 0 saturated heterocycles. The molecule has 0 aromatic carbocycles. The first-order chi connectivity index (χ1) is 5.16. The molecule has 0 rings (SSSR count). The van der Waals surface area contributed by atoms with E-state index in [0.29, 0.717) is 5.92 Å². The molecule has 2 atom stereocenters. The maximum atomic E-state index is 9.05. The Morgan fingerprint density at radius 3 is 2.45 bits per heavy atom. The van der Waals surface area contributed by atoms with E-state index >= 15 is 0 Å². The normalized spacial score (nSPS) is 16.4. The lowest BCUT2D eigenvalue weighted by atomic mass is 9.99. The fourth-order valence-corrected chi connectivity index (χ4v) is 1.28. The summed E-state index contributed by atoms with van der Waals surface area (Å²) >= 11 is 0. The van der Waals surface area contributed by atoms with Gasteiger partial charge in [0.1, 0.15) is 0 Å². The van der Waals surface area contributed by atoms with Crippen molar-refractivity contribution >= 4 is 0 Å². The fourth-order valence-electron chi connectivity index (χ4n) is 1.28. The SMILES string of the molecule is COCCCC(C)CC(C)O. The Hall–Kier alpha value is -0.0800. The van der Waals surface area contributed by atoms with E-state index in [1.165, 1.54) is 0 Å². The molecule has 0 fully saturated rings. The van der Waals surface area contributed by atoms with Crippen molar-refractivity contribution in [3.63, 3.8) is 0 Å². The molecule has 2 unspecified atom stereocenters. The van der Waals surface area contributed by atoms with E-state index in [1.54, 1.807) is 7.11 Å². The van der Waals surface area contributed by atoms with Gasteiger partial charge in [-0.25, -0.2) is 0 Å². The summed E-state index contributed by atoms with van der Waals surface area (Å²) in [6, 6.07) is 0. The van der Waals surface area contributed by atoms with Crippen LogP contribution in [-0.2, 0) is 4.74 Å². The van der Waals surface area contributed by atoms with Gasteiger partial charge in [0.2, 0.25) is 0 Å². The monoisotopic (exact) mass is 160 g/mol.